The molecule has 3 unspecified atom stereocenters. The van der Waals surface area contributed by atoms with Crippen molar-refractivity contribution in [3.63, 3.8) is 0 Å². The number of allylic oxidation sites excluding steroid dienone is 5. The maximum atomic E-state index is 2.85. The van der Waals surface area contributed by atoms with E-state index in [1.165, 1.54) is 122 Å². The second kappa shape index (κ2) is 16.4. The van der Waals surface area contributed by atoms with Crippen LogP contribution in [0.1, 0.15) is 177 Å². The molecule has 0 radical (unpaired) electrons. The van der Waals surface area contributed by atoms with Gasteiger partial charge in [0.2, 0.25) is 0 Å². The number of hydrogen-bond acceptors (Lipinski definition) is 4. The molecule has 3 aliphatic carbocycles. The van der Waals surface area contributed by atoms with Crippen molar-refractivity contribution in [2.75, 3.05) is 20.5 Å². The topological polar surface area (TPSA) is 9.72 Å². The number of thioether (sulfide) groups is 1. The Balaban J connectivity index is 1.27. The molecule has 3 atom stereocenters. The van der Waals surface area contributed by atoms with Gasteiger partial charge in [-0.15, -0.1) is 11.8 Å². The Kier molecular flexibility index (Phi) is 11.3. The highest BCUT2D eigenvalue weighted by atomic mass is 32.2. The van der Waals surface area contributed by atoms with Crippen molar-refractivity contribution in [3.8, 4) is 0 Å². The van der Waals surface area contributed by atoms with Crippen LogP contribution < -0.4 is 25.6 Å². The molecule has 4 aliphatic heterocycles. The van der Waals surface area contributed by atoms with Gasteiger partial charge in [0, 0.05) is 57.4 Å². The predicted octanol–water partition coefficient (Wildman–Crippen LogP) is 17.0. The van der Waals surface area contributed by atoms with E-state index in [4.69, 9.17) is 0 Å². The van der Waals surface area contributed by atoms with Crippen molar-refractivity contribution >= 4 is 63.5 Å². The minimum Gasteiger partial charge on any atom is -0.335 e. The van der Waals surface area contributed by atoms with Crippen molar-refractivity contribution < 1.29 is 0 Å². The Hall–Kier alpha value is -4.61. The average molecular weight is 960 g/mol. The number of para-hydroxylation sites is 1. The van der Waals surface area contributed by atoms with E-state index in [0.29, 0.717) is 0 Å². The summed E-state index contributed by atoms with van der Waals surface area (Å²) in [6.45, 7) is 36.6. The molecule has 370 valence electrons. The fourth-order valence-corrected chi connectivity index (χ4v) is 15.3. The monoisotopic (exact) mass is 960 g/mol. The first-order chi connectivity index (χ1) is 33.3. The number of rotatable bonds is 3. The summed E-state index contributed by atoms with van der Waals surface area (Å²) in [5, 5.41) is 0. The van der Waals surface area contributed by atoms with Gasteiger partial charge in [0.05, 0.1) is 11.6 Å². The number of hydrogen-bond donors (Lipinski definition) is 0. The first-order valence-electron chi connectivity index (χ1n) is 27.4. The third-order valence-corrected chi connectivity index (χ3v) is 20.0. The van der Waals surface area contributed by atoms with Gasteiger partial charge in [0.1, 0.15) is 0 Å². The molecule has 0 spiro atoms. The van der Waals surface area contributed by atoms with E-state index in [9.17, 15) is 0 Å². The van der Waals surface area contributed by atoms with Gasteiger partial charge >= 0.3 is 0 Å². The van der Waals surface area contributed by atoms with E-state index in [1.807, 2.05) is 0 Å². The zero-order chi connectivity index (χ0) is 50.4. The number of anilines is 6. The minimum atomic E-state index is -0.0846. The molecule has 4 heterocycles. The summed E-state index contributed by atoms with van der Waals surface area (Å²) in [5.74, 6) is 0.929. The minimum absolute atomic E-state index is 0.0216. The molecule has 1 saturated carbocycles. The molecule has 7 aliphatic rings. The van der Waals surface area contributed by atoms with Gasteiger partial charge in [-0.2, -0.15) is 0 Å². The maximum absolute atomic E-state index is 2.85. The highest BCUT2D eigenvalue weighted by molar-refractivity contribution is 8.05. The second-order valence-corrected chi connectivity index (χ2v) is 28.5. The fraction of sp³-hybridized carbons (Fsp3) is 0.485. The van der Waals surface area contributed by atoms with Gasteiger partial charge in [-0.25, -0.2) is 0 Å². The molecule has 0 saturated heterocycles. The SMILES string of the molecule is CC(C)(C)C1=CCC(N2c3cc4c(cc3B3C5=C(C/C=C(C(C)(C)C)\C=C/CS5)N(c5ccc(C(C)(C)C)cc5)c5cc(N6c7ccccc7C7(C)CCCCC67C)cc2c53)C(C)(C)CCC4(C)C)C=C1. The van der Waals surface area contributed by atoms with Gasteiger partial charge < -0.3 is 14.7 Å². The van der Waals surface area contributed by atoms with Crippen molar-refractivity contribution in [2.24, 2.45) is 10.8 Å². The van der Waals surface area contributed by atoms with E-state index in [1.54, 1.807) is 5.56 Å². The summed E-state index contributed by atoms with van der Waals surface area (Å²) >= 11 is 2.09. The molecule has 0 N–H and O–H groups in total. The van der Waals surface area contributed by atoms with Crippen LogP contribution in [0, 0.1) is 10.8 Å². The molecule has 1 fully saturated rings. The van der Waals surface area contributed by atoms with Crippen LogP contribution in [0.15, 0.2) is 131 Å². The van der Waals surface area contributed by atoms with Crippen molar-refractivity contribution in [1.82, 2.24) is 0 Å². The van der Waals surface area contributed by atoms with Gasteiger partial charge in [-0.1, -0.05) is 183 Å². The van der Waals surface area contributed by atoms with Crippen LogP contribution in [-0.4, -0.2) is 24.0 Å². The van der Waals surface area contributed by atoms with Crippen LogP contribution >= 0.6 is 11.8 Å². The lowest BCUT2D eigenvalue weighted by Crippen LogP contribution is -2.58. The fourth-order valence-electron chi connectivity index (χ4n) is 14.2. The lowest BCUT2D eigenvalue weighted by molar-refractivity contribution is 0.195. The summed E-state index contributed by atoms with van der Waals surface area (Å²) in [4.78, 5) is 9.96. The van der Waals surface area contributed by atoms with Crippen LogP contribution in [0.5, 0.6) is 0 Å². The molecule has 4 aromatic rings. The highest BCUT2D eigenvalue weighted by Gasteiger charge is 2.58. The maximum Gasteiger partial charge on any atom is 0.259 e. The largest absolute Gasteiger partial charge is 0.335 e. The Morgan fingerprint density at radius 2 is 1.25 bits per heavy atom. The van der Waals surface area contributed by atoms with Gasteiger partial charge in [0.25, 0.3) is 6.71 Å². The Labute approximate surface area is 434 Å². The van der Waals surface area contributed by atoms with Crippen LogP contribution in [0.3, 0.4) is 0 Å². The van der Waals surface area contributed by atoms with E-state index in [0.717, 1.165) is 18.6 Å². The van der Waals surface area contributed by atoms with Crippen LogP contribution in [0.25, 0.3) is 0 Å². The van der Waals surface area contributed by atoms with E-state index in [2.05, 4.69) is 240 Å². The quantitative estimate of drug-likeness (QED) is 0.189. The molecular formula is C66H82BN3S. The Bertz CT molecular complexity index is 2990. The Morgan fingerprint density at radius 1 is 0.606 bits per heavy atom. The first-order valence-corrected chi connectivity index (χ1v) is 28.4. The predicted molar refractivity (Wildman–Crippen MR) is 311 cm³/mol. The van der Waals surface area contributed by atoms with E-state index in [-0.39, 0.29) is 50.8 Å². The molecule has 0 amide bonds. The van der Waals surface area contributed by atoms with Crippen molar-refractivity contribution in [2.45, 2.75) is 188 Å². The summed E-state index contributed by atoms with van der Waals surface area (Å²) in [6, 6.07) is 30.2. The molecule has 71 heavy (non-hydrogen) atoms. The zero-order valence-corrected chi connectivity index (χ0v) is 47.0. The van der Waals surface area contributed by atoms with Crippen LogP contribution in [0.2, 0.25) is 0 Å². The molecule has 0 bridgehead atoms. The van der Waals surface area contributed by atoms with Gasteiger partial charge in [-0.05, 0) is 152 Å². The number of nitrogens with zero attached hydrogens (tertiary/aromatic N) is 3. The lowest BCUT2D eigenvalue weighted by atomic mass is 9.36. The van der Waals surface area contributed by atoms with Crippen molar-refractivity contribution in [1.29, 1.82) is 0 Å². The van der Waals surface area contributed by atoms with Gasteiger partial charge in [-0.3, -0.25) is 0 Å². The molecule has 3 nitrogen and oxygen atoms in total. The molecular weight excluding hydrogens is 878 g/mol. The number of benzene rings is 4. The van der Waals surface area contributed by atoms with Gasteiger partial charge in [0.15, 0.2) is 0 Å². The van der Waals surface area contributed by atoms with E-state index < -0.39 is 0 Å². The Morgan fingerprint density at radius 3 is 1.92 bits per heavy atom. The lowest BCUT2D eigenvalue weighted by Gasteiger charge is -2.52. The standard InChI is InChI=1S/C66H82BN3S/c1-60(2,3)43-21-20-38-71-59-54(33-28-43)68(46-29-24-44(25-30-46)61(4,5)6)56-39-48(70-53-23-17-16-22-49(53)65(14)34-18-19-35-66(65,70)15)40-57-58(56)67(59)52-41-50-51(64(12,13)37-36-63(50,10)11)42-55(52)69(57)47-31-26-45(27-32-47)62(7,8)9/h16-17,20-31,39-42,47H,18-19,32-38H2,1-15H3/b21-20-,43-28+. The smallest absolute Gasteiger partial charge is 0.259 e. The van der Waals surface area contributed by atoms with Crippen LogP contribution in [-0.2, 0) is 21.7 Å². The summed E-state index contributed by atoms with van der Waals surface area (Å²) < 4.78 is 0. The first kappa shape index (κ1) is 48.7. The third-order valence-electron chi connectivity index (χ3n) is 18.8. The summed E-state index contributed by atoms with van der Waals surface area (Å²) in [6.07, 6.45) is 24.2. The third kappa shape index (κ3) is 7.65. The summed E-state index contributed by atoms with van der Waals surface area (Å²) in [7, 11) is 0. The number of fused-ring (bicyclic) bond motifs is 7. The molecule has 0 aromatic heterocycles. The van der Waals surface area contributed by atoms with Crippen molar-refractivity contribution in [3.05, 3.63) is 153 Å². The summed E-state index contributed by atoms with van der Waals surface area (Å²) in [5.41, 5.74) is 21.5. The zero-order valence-electron chi connectivity index (χ0n) is 46.2. The molecule has 11 rings (SSSR count). The van der Waals surface area contributed by atoms with Crippen LogP contribution in [0.4, 0.5) is 34.1 Å². The molecule has 5 heteroatoms. The second-order valence-electron chi connectivity index (χ2n) is 27.4. The normalized spacial score (nSPS) is 26.7. The average Bonchev–Trinajstić information content (AvgIpc) is 3.58. The molecule has 4 aromatic carbocycles. The van der Waals surface area contributed by atoms with E-state index >= 15 is 0 Å². The highest BCUT2D eigenvalue weighted by Crippen LogP contribution is 2.62.